The molecule has 5 heteroatoms. The van der Waals surface area contributed by atoms with Gasteiger partial charge in [0.25, 0.3) is 0 Å². The Hall–Kier alpha value is -1.10. The molecule has 1 aromatic rings. The zero-order valence-corrected chi connectivity index (χ0v) is 12.6. The lowest BCUT2D eigenvalue weighted by molar-refractivity contribution is -0.139. The Kier molecular flexibility index (Phi) is 4.13. The van der Waals surface area contributed by atoms with Crippen molar-refractivity contribution in [2.45, 2.75) is 64.3 Å². The Morgan fingerprint density at radius 3 is 2.95 bits per heavy atom. The molecule has 0 aliphatic heterocycles. The van der Waals surface area contributed by atoms with Gasteiger partial charge in [-0.2, -0.15) is 0 Å². The topological polar surface area (TPSA) is 62.2 Å². The molecule has 2 rings (SSSR count). The number of carboxylic acid groups (broad SMARTS) is 1. The average molecular weight is 282 g/mol. The number of carboxylic acids is 1. The molecule has 0 saturated heterocycles. The molecule has 106 valence electrons. The van der Waals surface area contributed by atoms with Crippen molar-refractivity contribution in [1.29, 1.82) is 0 Å². The third-order valence-corrected chi connectivity index (χ3v) is 4.62. The van der Waals surface area contributed by atoms with Crippen molar-refractivity contribution in [1.82, 2.24) is 4.98 Å². The van der Waals surface area contributed by atoms with E-state index >= 15 is 0 Å². The van der Waals surface area contributed by atoms with Gasteiger partial charge in [-0.05, 0) is 39.5 Å². The first kappa shape index (κ1) is 14.3. The summed E-state index contributed by atoms with van der Waals surface area (Å²) in [6.45, 7) is 6.48. The minimum absolute atomic E-state index is 0.00786. The van der Waals surface area contributed by atoms with Crippen molar-refractivity contribution in [3.63, 3.8) is 0 Å². The predicted octanol–water partition coefficient (Wildman–Crippen LogP) is 3.64. The largest absolute Gasteiger partial charge is 0.481 e. The van der Waals surface area contributed by atoms with E-state index in [-0.39, 0.29) is 5.54 Å². The number of hydrogen-bond acceptors (Lipinski definition) is 4. The molecule has 1 heterocycles. The summed E-state index contributed by atoms with van der Waals surface area (Å²) in [5.74, 6) is -1.16. The zero-order chi connectivity index (χ0) is 14.0. The second-order valence-electron chi connectivity index (χ2n) is 5.87. The third kappa shape index (κ3) is 3.26. The lowest BCUT2D eigenvalue weighted by atomic mass is 9.91. The van der Waals surface area contributed by atoms with E-state index in [1.54, 1.807) is 11.3 Å². The third-order valence-electron chi connectivity index (χ3n) is 3.57. The van der Waals surface area contributed by atoms with Crippen LogP contribution in [0.1, 0.15) is 62.9 Å². The van der Waals surface area contributed by atoms with Crippen LogP contribution in [0.3, 0.4) is 0 Å². The monoisotopic (exact) mass is 282 g/mol. The summed E-state index contributed by atoms with van der Waals surface area (Å²) in [5, 5.41) is 13.6. The SMILES string of the molecule is CCCC(C)(C)Nc1nc2c(s1)CCCC2C(=O)O. The number of aromatic nitrogens is 1. The second-order valence-corrected chi connectivity index (χ2v) is 6.95. The Morgan fingerprint density at radius 1 is 1.58 bits per heavy atom. The molecular formula is C14H22N2O2S. The number of anilines is 1. The fraction of sp³-hybridized carbons (Fsp3) is 0.714. The number of rotatable bonds is 5. The average Bonchev–Trinajstić information content (AvgIpc) is 2.68. The van der Waals surface area contributed by atoms with Crippen LogP contribution < -0.4 is 5.32 Å². The molecule has 19 heavy (non-hydrogen) atoms. The predicted molar refractivity (Wildman–Crippen MR) is 78.0 cm³/mol. The zero-order valence-electron chi connectivity index (χ0n) is 11.8. The minimum atomic E-state index is -0.745. The summed E-state index contributed by atoms with van der Waals surface area (Å²) < 4.78 is 0. The van der Waals surface area contributed by atoms with Crippen LogP contribution in [0.25, 0.3) is 0 Å². The van der Waals surface area contributed by atoms with Gasteiger partial charge in [0.2, 0.25) is 0 Å². The molecule has 0 amide bonds. The normalized spacial score (nSPS) is 19.0. The molecule has 1 aliphatic rings. The van der Waals surface area contributed by atoms with Crippen LogP contribution in [0.2, 0.25) is 0 Å². The number of nitrogens with zero attached hydrogens (tertiary/aromatic N) is 1. The van der Waals surface area contributed by atoms with Crippen molar-refractivity contribution < 1.29 is 9.90 Å². The molecule has 0 bridgehead atoms. The molecule has 1 aromatic heterocycles. The maximum absolute atomic E-state index is 11.3. The quantitative estimate of drug-likeness (QED) is 0.865. The van der Waals surface area contributed by atoms with E-state index in [4.69, 9.17) is 0 Å². The van der Waals surface area contributed by atoms with Gasteiger partial charge in [0.1, 0.15) is 5.92 Å². The molecule has 0 saturated carbocycles. The van der Waals surface area contributed by atoms with Crippen molar-refractivity contribution in [3.05, 3.63) is 10.6 Å². The highest BCUT2D eigenvalue weighted by Gasteiger charge is 2.30. The van der Waals surface area contributed by atoms with Crippen LogP contribution in [0, 0.1) is 0 Å². The highest BCUT2D eigenvalue weighted by Crippen LogP contribution is 2.37. The van der Waals surface area contributed by atoms with Crippen LogP contribution in [-0.2, 0) is 11.2 Å². The molecule has 0 spiro atoms. The van der Waals surface area contributed by atoms with Gasteiger partial charge in [0, 0.05) is 10.4 Å². The Bertz CT molecular complexity index is 468. The van der Waals surface area contributed by atoms with Gasteiger partial charge < -0.3 is 10.4 Å². The molecule has 4 nitrogen and oxygen atoms in total. The van der Waals surface area contributed by atoms with E-state index in [0.717, 1.165) is 41.4 Å². The molecule has 1 atom stereocenters. The summed E-state index contributed by atoms with van der Waals surface area (Å²) >= 11 is 1.62. The number of aliphatic carboxylic acids is 1. The fourth-order valence-electron chi connectivity index (χ4n) is 2.69. The first-order valence-electron chi connectivity index (χ1n) is 6.93. The highest BCUT2D eigenvalue weighted by molar-refractivity contribution is 7.15. The molecule has 0 fully saturated rings. The molecule has 1 unspecified atom stereocenters. The van der Waals surface area contributed by atoms with E-state index in [1.807, 2.05) is 0 Å². The Morgan fingerprint density at radius 2 is 2.32 bits per heavy atom. The van der Waals surface area contributed by atoms with Gasteiger partial charge in [-0.3, -0.25) is 4.79 Å². The van der Waals surface area contributed by atoms with Crippen molar-refractivity contribution in [2.24, 2.45) is 0 Å². The van der Waals surface area contributed by atoms with E-state index < -0.39 is 11.9 Å². The van der Waals surface area contributed by atoms with E-state index in [9.17, 15) is 9.90 Å². The lowest BCUT2D eigenvalue weighted by Crippen LogP contribution is -2.30. The number of carbonyl (C=O) groups is 1. The molecule has 2 N–H and O–H groups in total. The summed E-state index contributed by atoms with van der Waals surface area (Å²) in [6.07, 6.45) is 4.81. The molecular weight excluding hydrogens is 260 g/mol. The molecule has 0 aromatic carbocycles. The van der Waals surface area contributed by atoms with Crippen molar-refractivity contribution >= 4 is 22.4 Å². The van der Waals surface area contributed by atoms with Crippen molar-refractivity contribution in [2.75, 3.05) is 5.32 Å². The number of nitrogens with one attached hydrogen (secondary N) is 1. The lowest BCUT2D eigenvalue weighted by Gasteiger charge is -2.25. The fourth-order valence-corrected chi connectivity index (χ4v) is 3.93. The van der Waals surface area contributed by atoms with Gasteiger partial charge in [-0.15, -0.1) is 11.3 Å². The van der Waals surface area contributed by atoms with Crippen LogP contribution in [-0.4, -0.2) is 21.6 Å². The summed E-state index contributed by atoms with van der Waals surface area (Å²) in [7, 11) is 0. The Labute approximate surface area is 118 Å². The first-order chi connectivity index (χ1) is 8.93. The summed E-state index contributed by atoms with van der Waals surface area (Å²) in [6, 6.07) is 0. The summed E-state index contributed by atoms with van der Waals surface area (Å²) in [5.41, 5.74) is 0.798. The van der Waals surface area contributed by atoms with Gasteiger partial charge in [-0.25, -0.2) is 4.98 Å². The first-order valence-corrected chi connectivity index (χ1v) is 7.75. The minimum Gasteiger partial charge on any atom is -0.481 e. The summed E-state index contributed by atoms with van der Waals surface area (Å²) in [4.78, 5) is 17.0. The van der Waals surface area contributed by atoms with Crippen LogP contribution in [0.4, 0.5) is 5.13 Å². The number of aryl methyl sites for hydroxylation is 1. The van der Waals surface area contributed by atoms with Crippen molar-refractivity contribution in [3.8, 4) is 0 Å². The maximum Gasteiger partial charge on any atom is 0.312 e. The number of thiazole rings is 1. The molecule has 1 aliphatic carbocycles. The smallest absolute Gasteiger partial charge is 0.312 e. The molecule has 0 radical (unpaired) electrons. The van der Waals surface area contributed by atoms with E-state index in [1.165, 1.54) is 0 Å². The van der Waals surface area contributed by atoms with Gasteiger partial charge in [0.05, 0.1) is 5.69 Å². The van der Waals surface area contributed by atoms with Crippen LogP contribution >= 0.6 is 11.3 Å². The maximum atomic E-state index is 11.3. The van der Waals surface area contributed by atoms with Crippen LogP contribution in [0.15, 0.2) is 0 Å². The van der Waals surface area contributed by atoms with Gasteiger partial charge in [-0.1, -0.05) is 13.3 Å². The number of hydrogen-bond donors (Lipinski definition) is 2. The highest BCUT2D eigenvalue weighted by atomic mass is 32.1. The van der Waals surface area contributed by atoms with Gasteiger partial charge in [0.15, 0.2) is 5.13 Å². The van der Waals surface area contributed by atoms with Crippen LogP contribution in [0.5, 0.6) is 0 Å². The Balaban J connectivity index is 2.20. The van der Waals surface area contributed by atoms with E-state index in [0.29, 0.717) is 6.42 Å². The van der Waals surface area contributed by atoms with E-state index in [2.05, 4.69) is 31.1 Å². The standard InChI is InChI=1S/C14H22N2O2S/c1-4-8-14(2,3)16-13-15-11-9(12(17)18)6-5-7-10(11)19-13/h9H,4-8H2,1-3H3,(H,15,16)(H,17,18). The number of fused-ring (bicyclic) bond motifs is 1. The van der Waals surface area contributed by atoms with Gasteiger partial charge >= 0.3 is 5.97 Å². The second kappa shape index (κ2) is 5.49.